The maximum atomic E-state index is 12.2. The van der Waals surface area contributed by atoms with Gasteiger partial charge in [-0.15, -0.1) is 6.58 Å². The normalized spacial score (nSPS) is 17.4. The number of nitrogens with one attached hydrogen (secondary N) is 1. The number of hydrogen-bond acceptors (Lipinski definition) is 4. The Labute approximate surface area is 130 Å². The second-order valence-electron chi connectivity index (χ2n) is 5.42. The fourth-order valence-corrected chi connectivity index (χ4v) is 2.66. The Morgan fingerprint density at radius 3 is 2.77 bits per heavy atom. The van der Waals surface area contributed by atoms with Crippen molar-refractivity contribution in [3.8, 4) is 11.5 Å². The van der Waals surface area contributed by atoms with Gasteiger partial charge in [-0.2, -0.15) is 0 Å². The van der Waals surface area contributed by atoms with E-state index in [1.54, 1.807) is 0 Å². The highest BCUT2D eigenvalue weighted by Crippen LogP contribution is 2.32. The number of urea groups is 1. The third-order valence-electron chi connectivity index (χ3n) is 3.93. The molecule has 0 bridgehead atoms. The minimum absolute atomic E-state index is 0.0177. The molecule has 0 aromatic heterocycles. The van der Waals surface area contributed by atoms with E-state index < -0.39 is 0 Å². The molecule has 0 atom stereocenters. The third-order valence-corrected chi connectivity index (χ3v) is 3.93. The fraction of sp³-hybridized carbons (Fsp3) is 0.438. The first-order valence-corrected chi connectivity index (χ1v) is 7.51. The van der Waals surface area contributed by atoms with Crippen molar-refractivity contribution in [2.75, 3.05) is 39.5 Å². The molecule has 118 valence electrons. The summed E-state index contributed by atoms with van der Waals surface area (Å²) in [5.74, 6) is 1.50. The first-order chi connectivity index (χ1) is 10.8. The quantitative estimate of drug-likeness (QED) is 0.855. The van der Waals surface area contributed by atoms with Crippen LogP contribution in [0.1, 0.15) is 5.56 Å². The highest BCUT2D eigenvalue weighted by atomic mass is 16.7. The minimum Gasteiger partial charge on any atom is -0.454 e. The predicted molar refractivity (Wildman–Crippen MR) is 83.0 cm³/mol. The van der Waals surface area contributed by atoms with Gasteiger partial charge in [0.25, 0.3) is 0 Å². The predicted octanol–water partition coefficient (Wildman–Crippen LogP) is 1.43. The number of hydrogen-bond donors (Lipinski definition) is 1. The van der Waals surface area contributed by atoms with Gasteiger partial charge >= 0.3 is 6.03 Å². The molecule has 1 aromatic rings. The molecule has 1 fully saturated rings. The molecule has 0 saturated carbocycles. The largest absolute Gasteiger partial charge is 0.454 e. The molecule has 2 aliphatic heterocycles. The van der Waals surface area contributed by atoms with Crippen molar-refractivity contribution in [1.29, 1.82) is 0 Å². The highest BCUT2D eigenvalue weighted by Gasteiger charge is 2.20. The SMILES string of the molecule is C=CCN1CCN(C(=O)NCc2ccc3c(c2)OCO3)CC1. The second-order valence-corrected chi connectivity index (χ2v) is 5.42. The molecule has 0 aliphatic carbocycles. The molecule has 6 heteroatoms. The Kier molecular flexibility index (Phi) is 4.48. The Bertz CT molecular complexity index is 554. The molecule has 0 radical (unpaired) electrons. The number of amides is 2. The van der Waals surface area contributed by atoms with E-state index in [0.717, 1.165) is 49.8 Å². The fourth-order valence-electron chi connectivity index (χ4n) is 2.66. The van der Waals surface area contributed by atoms with E-state index in [0.29, 0.717) is 6.54 Å². The van der Waals surface area contributed by atoms with Crippen LogP contribution in [0, 0.1) is 0 Å². The molecule has 0 unspecified atom stereocenters. The van der Waals surface area contributed by atoms with Crippen LogP contribution >= 0.6 is 0 Å². The Morgan fingerprint density at radius 2 is 2.00 bits per heavy atom. The summed E-state index contributed by atoms with van der Waals surface area (Å²) in [5, 5.41) is 2.96. The maximum absolute atomic E-state index is 12.2. The van der Waals surface area contributed by atoms with Gasteiger partial charge in [0.15, 0.2) is 11.5 Å². The lowest BCUT2D eigenvalue weighted by Gasteiger charge is -2.34. The number of ether oxygens (including phenoxy) is 2. The van der Waals surface area contributed by atoms with Gasteiger partial charge in [-0.3, -0.25) is 4.90 Å². The summed E-state index contributed by atoms with van der Waals surface area (Å²) in [6.07, 6.45) is 1.90. The summed E-state index contributed by atoms with van der Waals surface area (Å²) in [7, 11) is 0. The number of piperazine rings is 1. The standard InChI is InChI=1S/C16H21N3O3/c1-2-5-18-6-8-19(9-7-18)16(20)17-11-13-3-4-14-15(10-13)22-12-21-14/h2-4,10H,1,5-9,11-12H2,(H,17,20). The van der Waals surface area contributed by atoms with Gasteiger partial charge < -0.3 is 19.7 Å². The van der Waals surface area contributed by atoms with Crippen molar-refractivity contribution in [1.82, 2.24) is 15.1 Å². The summed E-state index contributed by atoms with van der Waals surface area (Å²) >= 11 is 0. The van der Waals surface area contributed by atoms with E-state index in [1.165, 1.54) is 0 Å². The van der Waals surface area contributed by atoms with Gasteiger partial charge in [0.05, 0.1) is 0 Å². The topological polar surface area (TPSA) is 54.0 Å². The van der Waals surface area contributed by atoms with Gasteiger partial charge in [-0.05, 0) is 17.7 Å². The smallest absolute Gasteiger partial charge is 0.317 e. The number of rotatable bonds is 4. The molecule has 2 amide bonds. The molecular formula is C16H21N3O3. The second kappa shape index (κ2) is 6.70. The van der Waals surface area contributed by atoms with E-state index in [4.69, 9.17) is 9.47 Å². The summed E-state index contributed by atoms with van der Waals surface area (Å²) in [6, 6.07) is 5.70. The first kappa shape index (κ1) is 14.7. The molecule has 2 heterocycles. The van der Waals surface area contributed by atoms with Gasteiger partial charge in [0, 0.05) is 39.3 Å². The molecule has 3 rings (SSSR count). The van der Waals surface area contributed by atoms with E-state index in [9.17, 15) is 4.79 Å². The highest BCUT2D eigenvalue weighted by molar-refractivity contribution is 5.74. The molecule has 1 N–H and O–H groups in total. The molecule has 2 aliphatic rings. The number of carbonyl (C=O) groups is 1. The van der Waals surface area contributed by atoms with Crippen molar-refractivity contribution in [3.63, 3.8) is 0 Å². The zero-order valence-corrected chi connectivity index (χ0v) is 12.6. The Morgan fingerprint density at radius 1 is 1.23 bits per heavy atom. The van der Waals surface area contributed by atoms with Crippen molar-refractivity contribution in [2.45, 2.75) is 6.54 Å². The third kappa shape index (κ3) is 3.33. The number of fused-ring (bicyclic) bond motifs is 1. The number of nitrogens with zero attached hydrogens (tertiary/aromatic N) is 2. The Balaban J connectivity index is 1.47. The van der Waals surface area contributed by atoms with Crippen LogP contribution in [-0.4, -0.2) is 55.3 Å². The van der Waals surface area contributed by atoms with E-state index in [-0.39, 0.29) is 12.8 Å². The average molecular weight is 303 g/mol. The van der Waals surface area contributed by atoms with Crippen LogP contribution in [0.2, 0.25) is 0 Å². The maximum Gasteiger partial charge on any atom is 0.317 e. The molecule has 22 heavy (non-hydrogen) atoms. The van der Waals surface area contributed by atoms with Crippen LogP contribution in [0.3, 0.4) is 0 Å². The van der Waals surface area contributed by atoms with Crippen LogP contribution in [-0.2, 0) is 6.54 Å². The van der Waals surface area contributed by atoms with Crippen LogP contribution < -0.4 is 14.8 Å². The summed E-state index contributed by atoms with van der Waals surface area (Å²) in [4.78, 5) is 16.3. The number of benzene rings is 1. The lowest BCUT2D eigenvalue weighted by molar-refractivity contribution is 0.146. The van der Waals surface area contributed by atoms with Crippen LogP contribution in [0.25, 0.3) is 0 Å². The summed E-state index contributed by atoms with van der Waals surface area (Å²) < 4.78 is 10.6. The zero-order chi connectivity index (χ0) is 15.4. The van der Waals surface area contributed by atoms with Crippen molar-refractivity contribution in [2.24, 2.45) is 0 Å². The Hall–Kier alpha value is -2.21. The average Bonchev–Trinajstić information content (AvgIpc) is 3.01. The van der Waals surface area contributed by atoms with E-state index in [1.807, 2.05) is 29.2 Å². The van der Waals surface area contributed by atoms with E-state index >= 15 is 0 Å². The van der Waals surface area contributed by atoms with Crippen LogP contribution in [0.4, 0.5) is 4.79 Å². The van der Waals surface area contributed by atoms with Crippen LogP contribution in [0.5, 0.6) is 11.5 Å². The molecule has 6 nitrogen and oxygen atoms in total. The van der Waals surface area contributed by atoms with Gasteiger partial charge in [-0.25, -0.2) is 4.79 Å². The number of carbonyl (C=O) groups excluding carboxylic acids is 1. The van der Waals surface area contributed by atoms with Crippen molar-refractivity contribution >= 4 is 6.03 Å². The van der Waals surface area contributed by atoms with Crippen molar-refractivity contribution in [3.05, 3.63) is 36.4 Å². The molecule has 1 saturated heterocycles. The summed E-state index contributed by atoms with van der Waals surface area (Å²) in [5.41, 5.74) is 1.00. The monoisotopic (exact) mass is 303 g/mol. The molecule has 1 aromatic carbocycles. The lowest BCUT2D eigenvalue weighted by Crippen LogP contribution is -2.51. The molecule has 0 spiro atoms. The van der Waals surface area contributed by atoms with Gasteiger partial charge in [0.2, 0.25) is 6.79 Å². The summed E-state index contributed by atoms with van der Waals surface area (Å²) in [6.45, 7) is 8.66. The van der Waals surface area contributed by atoms with Crippen LogP contribution in [0.15, 0.2) is 30.9 Å². The molecular weight excluding hydrogens is 282 g/mol. The zero-order valence-electron chi connectivity index (χ0n) is 12.6. The van der Waals surface area contributed by atoms with E-state index in [2.05, 4.69) is 16.8 Å². The van der Waals surface area contributed by atoms with Gasteiger partial charge in [0.1, 0.15) is 0 Å². The minimum atomic E-state index is -0.0177. The van der Waals surface area contributed by atoms with Crippen molar-refractivity contribution < 1.29 is 14.3 Å². The lowest BCUT2D eigenvalue weighted by atomic mass is 10.2. The first-order valence-electron chi connectivity index (χ1n) is 7.51. The van der Waals surface area contributed by atoms with Gasteiger partial charge in [-0.1, -0.05) is 12.1 Å².